The maximum absolute atomic E-state index is 13.0. The van der Waals surface area contributed by atoms with Crippen LogP contribution in [0.25, 0.3) is 0 Å². The van der Waals surface area contributed by atoms with Gasteiger partial charge in [0.05, 0.1) is 10.8 Å². The zero-order valence-corrected chi connectivity index (χ0v) is 10.9. The topological polar surface area (TPSA) is 72.2 Å². The van der Waals surface area contributed by atoms with Crippen LogP contribution in [0.3, 0.4) is 0 Å². The summed E-state index contributed by atoms with van der Waals surface area (Å²) in [6.45, 7) is 0. The first-order chi connectivity index (χ1) is 7.83. The first-order valence-corrected chi connectivity index (χ1v) is 7.36. The van der Waals surface area contributed by atoms with Gasteiger partial charge in [0.2, 0.25) is 0 Å². The summed E-state index contributed by atoms with van der Waals surface area (Å²) in [4.78, 5) is 0. The molecule has 0 saturated heterocycles. The van der Waals surface area contributed by atoms with Gasteiger partial charge in [-0.25, -0.2) is 12.8 Å². The monoisotopic (exact) mass is 280 g/mol. The van der Waals surface area contributed by atoms with Crippen LogP contribution in [0.1, 0.15) is 18.0 Å². The van der Waals surface area contributed by atoms with Gasteiger partial charge in [0.15, 0.2) is 0 Å². The van der Waals surface area contributed by atoms with Crippen molar-refractivity contribution >= 4 is 21.4 Å². The number of benzene rings is 1. The summed E-state index contributed by atoms with van der Waals surface area (Å²) in [5.74, 6) is 4.82. The van der Waals surface area contributed by atoms with Crippen LogP contribution >= 0.6 is 11.6 Å². The van der Waals surface area contributed by atoms with E-state index in [1.165, 1.54) is 18.2 Å². The lowest BCUT2D eigenvalue weighted by Crippen LogP contribution is -2.29. The second kappa shape index (κ2) is 5.77. The molecule has 0 aliphatic carbocycles. The molecule has 7 heteroatoms. The molecule has 1 aromatic carbocycles. The number of rotatable bonds is 5. The van der Waals surface area contributed by atoms with E-state index in [-0.39, 0.29) is 16.8 Å². The lowest BCUT2D eigenvalue weighted by Gasteiger charge is -2.16. The van der Waals surface area contributed by atoms with Crippen molar-refractivity contribution in [1.29, 1.82) is 0 Å². The van der Waals surface area contributed by atoms with E-state index in [9.17, 15) is 12.8 Å². The minimum Gasteiger partial charge on any atom is -0.271 e. The molecule has 96 valence electrons. The molecule has 0 fully saturated rings. The fraction of sp³-hybridized carbons (Fsp3) is 0.400. The van der Waals surface area contributed by atoms with Crippen LogP contribution in [0.5, 0.6) is 0 Å². The zero-order valence-electron chi connectivity index (χ0n) is 9.28. The van der Waals surface area contributed by atoms with Gasteiger partial charge in [-0.05, 0) is 24.1 Å². The van der Waals surface area contributed by atoms with E-state index in [2.05, 4.69) is 5.43 Å². The van der Waals surface area contributed by atoms with Gasteiger partial charge in [0.25, 0.3) is 0 Å². The van der Waals surface area contributed by atoms with Gasteiger partial charge in [0, 0.05) is 12.3 Å². The van der Waals surface area contributed by atoms with E-state index in [1.54, 1.807) is 0 Å². The maximum atomic E-state index is 13.0. The molecule has 1 rings (SSSR count). The van der Waals surface area contributed by atoms with Gasteiger partial charge < -0.3 is 0 Å². The van der Waals surface area contributed by atoms with E-state index in [4.69, 9.17) is 17.4 Å². The SMILES string of the molecule is CS(=O)(=O)CCC(NN)c1ccc(F)c(Cl)c1. The largest absolute Gasteiger partial charge is 0.271 e. The highest BCUT2D eigenvalue weighted by Gasteiger charge is 2.14. The third kappa shape index (κ3) is 4.59. The highest BCUT2D eigenvalue weighted by molar-refractivity contribution is 7.90. The number of sulfone groups is 1. The number of halogens is 2. The Kier molecular flexibility index (Phi) is 4.88. The molecule has 1 unspecified atom stereocenters. The molecule has 1 aromatic rings. The Morgan fingerprint density at radius 3 is 2.65 bits per heavy atom. The molecule has 3 N–H and O–H groups in total. The number of nitrogens with one attached hydrogen (secondary N) is 1. The van der Waals surface area contributed by atoms with Crippen molar-refractivity contribution in [3.05, 3.63) is 34.6 Å². The fourth-order valence-electron chi connectivity index (χ4n) is 1.41. The van der Waals surface area contributed by atoms with Crippen molar-refractivity contribution < 1.29 is 12.8 Å². The maximum Gasteiger partial charge on any atom is 0.147 e. The van der Waals surface area contributed by atoms with Crippen molar-refractivity contribution in [1.82, 2.24) is 5.43 Å². The fourth-order valence-corrected chi connectivity index (χ4v) is 2.26. The van der Waals surface area contributed by atoms with Crippen LogP contribution in [0, 0.1) is 5.82 Å². The van der Waals surface area contributed by atoms with E-state index in [1.807, 2.05) is 0 Å². The van der Waals surface area contributed by atoms with Crippen LogP contribution in [0.2, 0.25) is 5.02 Å². The minimum atomic E-state index is -3.06. The molecule has 0 spiro atoms. The van der Waals surface area contributed by atoms with Gasteiger partial charge in [0.1, 0.15) is 15.7 Å². The molecule has 0 bridgehead atoms. The molecule has 0 amide bonds. The number of hydrogen-bond donors (Lipinski definition) is 2. The molecule has 4 nitrogen and oxygen atoms in total. The predicted molar refractivity (Wildman–Crippen MR) is 65.8 cm³/mol. The molecule has 0 radical (unpaired) electrons. The first-order valence-electron chi connectivity index (χ1n) is 4.92. The van der Waals surface area contributed by atoms with Crippen LogP contribution in [0.4, 0.5) is 4.39 Å². The van der Waals surface area contributed by atoms with Crippen LogP contribution in [-0.2, 0) is 9.84 Å². The molecule has 1 atom stereocenters. The van der Waals surface area contributed by atoms with Crippen LogP contribution < -0.4 is 11.3 Å². The summed E-state index contributed by atoms with van der Waals surface area (Å²) in [6, 6.07) is 3.81. The molecule has 0 aromatic heterocycles. The molecule has 0 saturated carbocycles. The summed E-state index contributed by atoms with van der Waals surface area (Å²) in [6.07, 6.45) is 1.45. The number of hydrazine groups is 1. The second-order valence-corrected chi connectivity index (χ2v) is 6.48. The van der Waals surface area contributed by atoms with Crippen molar-refractivity contribution in [3.8, 4) is 0 Å². The zero-order chi connectivity index (χ0) is 13.1. The minimum absolute atomic E-state index is 0.00311. The van der Waals surface area contributed by atoms with Gasteiger partial charge in [-0.3, -0.25) is 11.3 Å². The quantitative estimate of drug-likeness (QED) is 0.632. The molecule has 0 heterocycles. The highest BCUT2D eigenvalue weighted by atomic mass is 35.5. The van der Waals surface area contributed by atoms with Gasteiger partial charge in [-0.15, -0.1) is 0 Å². The van der Waals surface area contributed by atoms with E-state index in [0.29, 0.717) is 12.0 Å². The van der Waals surface area contributed by atoms with E-state index in [0.717, 1.165) is 6.26 Å². The smallest absolute Gasteiger partial charge is 0.147 e. The average Bonchev–Trinajstić information content (AvgIpc) is 2.22. The third-order valence-electron chi connectivity index (χ3n) is 2.32. The number of hydrogen-bond acceptors (Lipinski definition) is 4. The Morgan fingerprint density at radius 1 is 1.53 bits per heavy atom. The van der Waals surface area contributed by atoms with Crippen molar-refractivity contribution in [2.45, 2.75) is 12.5 Å². The Balaban J connectivity index is 2.83. The van der Waals surface area contributed by atoms with E-state index < -0.39 is 15.7 Å². The Bertz CT molecular complexity index is 493. The summed E-state index contributed by atoms with van der Waals surface area (Å²) in [7, 11) is -3.06. The number of nitrogens with two attached hydrogens (primary N) is 1. The Morgan fingerprint density at radius 2 is 2.18 bits per heavy atom. The highest BCUT2D eigenvalue weighted by Crippen LogP contribution is 2.22. The van der Waals surface area contributed by atoms with Gasteiger partial charge in [-0.2, -0.15) is 0 Å². The van der Waals surface area contributed by atoms with Gasteiger partial charge >= 0.3 is 0 Å². The molecular formula is C10H14ClFN2O2S. The Labute approximate surface area is 105 Å². The van der Waals surface area contributed by atoms with E-state index >= 15 is 0 Å². The summed E-state index contributed by atoms with van der Waals surface area (Å²) < 4.78 is 35.1. The third-order valence-corrected chi connectivity index (χ3v) is 3.59. The molecule has 0 aliphatic rings. The predicted octanol–water partition coefficient (Wildman–Crippen LogP) is 1.42. The van der Waals surface area contributed by atoms with Crippen LogP contribution in [-0.4, -0.2) is 20.4 Å². The van der Waals surface area contributed by atoms with Crippen molar-refractivity contribution in [2.24, 2.45) is 5.84 Å². The van der Waals surface area contributed by atoms with Crippen molar-refractivity contribution in [2.75, 3.05) is 12.0 Å². The summed E-state index contributed by atoms with van der Waals surface area (Å²) >= 11 is 5.64. The van der Waals surface area contributed by atoms with Gasteiger partial charge in [-0.1, -0.05) is 17.7 Å². The normalized spacial score (nSPS) is 13.6. The average molecular weight is 281 g/mol. The molecule has 0 aliphatic heterocycles. The molecule has 17 heavy (non-hydrogen) atoms. The summed E-state index contributed by atoms with van der Waals surface area (Å²) in [5, 5.41) is -0.0119. The van der Waals surface area contributed by atoms with Crippen molar-refractivity contribution in [3.63, 3.8) is 0 Å². The standard InChI is InChI=1S/C10H14ClFN2O2S/c1-17(15,16)5-4-10(14-13)7-2-3-9(12)8(11)6-7/h2-3,6,10,14H,4-5,13H2,1H3. The second-order valence-electron chi connectivity index (χ2n) is 3.81. The molecular weight excluding hydrogens is 267 g/mol. The summed E-state index contributed by atoms with van der Waals surface area (Å²) in [5.41, 5.74) is 3.15. The Hall–Kier alpha value is -0.690. The first kappa shape index (κ1) is 14.4. The lowest BCUT2D eigenvalue weighted by atomic mass is 10.1. The lowest BCUT2D eigenvalue weighted by molar-refractivity contribution is 0.529. The van der Waals surface area contributed by atoms with Crippen LogP contribution in [0.15, 0.2) is 18.2 Å².